The highest BCUT2D eigenvalue weighted by Crippen LogP contribution is 2.54. The van der Waals surface area contributed by atoms with E-state index >= 15 is 0 Å². The summed E-state index contributed by atoms with van der Waals surface area (Å²) in [6, 6.07) is 0.647. The standard InChI is InChI=1S/C15H24N2OS/c1-3-18-14-8-13(15(14)6-4-5-7-15)17-10-12-9-16-11(2)19-12/h9,13-14,17H,3-8,10H2,1-2H3. The van der Waals surface area contributed by atoms with Crippen molar-refractivity contribution in [2.45, 2.75) is 64.6 Å². The molecule has 0 saturated heterocycles. The second kappa shape index (κ2) is 5.51. The van der Waals surface area contributed by atoms with Crippen LogP contribution in [0, 0.1) is 12.3 Å². The Labute approximate surface area is 119 Å². The lowest BCUT2D eigenvalue weighted by Crippen LogP contribution is -2.62. The van der Waals surface area contributed by atoms with Gasteiger partial charge in [0.15, 0.2) is 0 Å². The van der Waals surface area contributed by atoms with E-state index in [1.165, 1.54) is 37.0 Å². The molecule has 3 nitrogen and oxygen atoms in total. The maximum absolute atomic E-state index is 5.95. The molecule has 1 spiro atoms. The molecule has 1 aromatic rings. The van der Waals surface area contributed by atoms with Crippen LogP contribution in [0.3, 0.4) is 0 Å². The number of ether oxygens (including phenoxy) is 1. The highest BCUT2D eigenvalue weighted by molar-refractivity contribution is 7.11. The van der Waals surface area contributed by atoms with E-state index in [1.54, 1.807) is 11.3 Å². The Kier molecular flexibility index (Phi) is 3.92. The first-order chi connectivity index (χ1) is 9.24. The van der Waals surface area contributed by atoms with E-state index in [9.17, 15) is 0 Å². The monoisotopic (exact) mass is 280 g/mol. The molecule has 4 heteroatoms. The summed E-state index contributed by atoms with van der Waals surface area (Å²) < 4.78 is 5.95. The lowest BCUT2D eigenvalue weighted by molar-refractivity contribution is -0.130. The average molecular weight is 280 g/mol. The highest BCUT2D eigenvalue weighted by atomic mass is 32.1. The predicted octanol–water partition coefficient (Wildman–Crippen LogP) is 3.28. The van der Waals surface area contributed by atoms with Gasteiger partial charge in [-0.2, -0.15) is 0 Å². The molecular weight excluding hydrogens is 256 g/mol. The van der Waals surface area contributed by atoms with Gasteiger partial charge < -0.3 is 10.1 Å². The summed E-state index contributed by atoms with van der Waals surface area (Å²) in [6.45, 7) is 6.01. The number of nitrogens with zero attached hydrogens (tertiary/aromatic N) is 1. The van der Waals surface area contributed by atoms with Crippen LogP contribution in [0.1, 0.15) is 48.9 Å². The Morgan fingerprint density at radius 2 is 2.26 bits per heavy atom. The van der Waals surface area contributed by atoms with Crippen molar-refractivity contribution >= 4 is 11.3 Å². The molecule has 2 fully saturated rings. The van der Waals surface area contributed by atoms with E-state index in [2.05, 4.69) is 24.1 Å². The Morgan fingerprint density at radius 1 is 1.47 bits per heavy atom. The number of aromatic nitrogens is 1. The van der Waals surface area contributed by atoms with Gasteiger partial charge in [-0.25, -0.2) is 4.98 Å². The van der Waals surface area contributed by atoms with Crippen LogP contribution in [0.15, 0.2) is 6.20 Å². The first-order valence-corrected chi connectivity index (χ1v) is 8.32. The van der Waals surface area contributed by atoms with Crippen LogP contribution in [-0.4, -0.2) is 23.7 Å². The van der Waals surface area contributed by atoms with Crippen LogP contribution in [0.4, 0.5) is 0 Å². The van der Waals surface area contributed by atoms with E-state index in [4.69, 9.17) is 4.74 Å². The van der Waals surface area contributed by atoms with E-state index in [0.717, 1.165) is 18.2 Å². The quantitative estimate of drug-likeness (QED) is 0.899. The Bertz CT molecular complexity index is 426. The first kappa shape index (κ1) is 13.5. The van der Waals surface area contributed by atoms with Crippen molar-refractivity contribution < 1.29 is 4.74 Å². The van der Waals surface area contributed by atoms with Crippen LogP contribution >= 0.6 is 11.3 Å². The maximum atomic E-state index is 5.95. The third kappa shape index (κ3) is 2.46. The average Bonchev–Trinajstić information content (AvgIpc) is 3.03. The normalized spacial score (nSPS) is 28.7. The van der Waals surface area contributed by atoms with Gasteiger partial charge in [-0.1, -0.05) is 12.8 Å². The molecule has 2 aliphatic carbocycles. The SMILES string of the molecule is CCOC1CC(NCc2cnc(C)s2)C12CCCC2. The molecule has 2 saturated carbocycles. The number of aryl methyl sites for hydroxylation is 1. The summed E-state index contributed by atoms with van der Waals surface area (Å²) in [5, 5.41) is 4.92. The second-order valence-corrected chi connectivity index (χ2v) is 7.22. The van der Waals surface area contributed by atoms with Gasteiger partial charge in [0.1, 0.15) is 0 Å². The van der Waals surface area contributed by atoms with E-state index < -0.39 is 0 Å². The van der Waals surface area contributed by atoms with Gasteiger partial charge in [0.05, 0.1) is 11.1 Å². The van der Waals surface area contributed by atoms with Crippen molar-refractivity contribution in [3.63, 3.8) is 0 Å². The fourth-order valence-electron chi connectivity index (χ4n) is 3.88. The summed E-state index contributed by atoms with van der Waals surface area (Å²) >= 11 is 1.80. The van der Waals surface area contributed by atoms with Crippen molar-refractivity contribution in [1.29, 1.82) is 0 Å². The van der Waals surface area contributed by atoms with Gasteiger partial charge in [-0.15, -0.1) is 11.3 Å². The second-order valence-electron chi connectivity index (χ2n) is 5.90. The summed E-state index contributed by atoms with van der Waals surface area (Å²) in [7, 11) is 0. The molecule has 1 aromatic heterocycles. The summed E-state index contributed by atoms with van der Waals surface area (Å²) in [5.74, 6) is 0. The lowest BCUT2D eigenvalue weighted by Gasteiger charge is -2.54. The Morgan fingerprint density at radius 3 is 2.89 bits per heavy atom. The molecule has 106 valence electrons. The van der Waals surface area contributed by atoms with Gasteiger partial charge in [-0.05, 0) is 33.1 Å². The molecule has 0 bridgehead atoms. The molecule has 0 aliphatic heterocycles. The number of thiazole rings is 1. The Balaban J connectivity index is 1.59. The molecule has 0 radical (unpaired) electrons. The van der Waals surface area contributed by atoms with Gasteiger partial charge in [0.2, 0.25) is 0 Å². The summed E-state index contributed by atoms with van der Waals surface area (Å²) in [4.78, 5) is 5.68. The molecular formula is C15H24N2OS. The maximum Gasteiger partial charge on any atom is 0.0897 e. The van der Waals surface area contributed by atoms with Gasteiger partial charge >= 0.3 is 0 Å². The number of hydrogen-bond acceptors (Lipinski definition) is 4. The molecule has 0 aromatic carbocycles. The van der Waals surface area contributed by atoms with Crippen LogP contribution in [0.5, 0.6) is 0 Å². The zero-order valence-electron chi connectivity index (χ0n) is 11.9. The molecule has 1 heterocycles. The topological polar surface area (TPSA) is 34.1 Å². The largest absolute Gasteiger partial charge is 0.378 e. The predicted molar refractivity (Wildman–Crippen MR) is 78.4 cm³/mol. The minimum absolute atomic E-state index is 0.440. The minimum Gasteiger partial charge on any atom is -0.378 e. The van der Waals surface area contributed by atoms with Crippen molar-refractivity contribution in [1.82, 2.24) is 10.3 Å². The van der Waals surface area contributed by atoms with Gasteiger partial charge in [-0.3, -0.25) is 0 Å². The summed E-state index contributed by atoms with van der Waals surface area (Å²) in [6.07, 6.45) is 9.14. The molecule has 2 atom stereocenters. The van der Waals surface area contributed by atoms with Crippen molar-refractivity contribution in [2.75, 3.05) is 6.61 Å². The lowest BCUT2D eigenvalue weighted by atomic mass is 9.60. The van der Waals surface area contributed by atoms with E-state index in [0.29, 0.717) is 17.6 Å². The van der Waals surface area contributed by atoms with E-state index in [1.807, 2.05) is 6.20 Å². The molecule has 0 amide bonds. The van der Waals surface area contributed by atoms with Crippen LogP contribution in [-0.2, 0) is 11.3 Å². The number of nitrogens with one attached hydrogen (secondary N) is 1. The van der Waals surface area contributed by atoms with Crippen LogP contribution in [0.2, 0.25) is 0 Å². The van der Waals surface area contributed by atoms with Crippen LogP contribution in [0.25, 0.3) is 0 Å². The fourth-order valence-corrected chi connectivity index (χ4v) is 4.63. The zero-order chi connectivity index (χ0) is 13.3. The van der Waals surface area contributed by atoms with Crippen LogP contribution < -0.4 is 5.32 Å². The summed E-state index contributed by atoms with van der Waals surface area (Å²) in [5.41, 5.74) is 0.440. The molecule has 2 aliphatic rings. The Hall–Kier alpha value is -0.450. The minimum atomic E-state index is 0.440. The molecule has 1 N–H and O–H groups in total. The number of hydrogen-bond donors (Lipinski definition) is 1. The highest BCUT2D eigenvalue weighted by Gasteiger charge is 2.56. The van der Waals surface area contributed by atoms with Crippen molar-refractivity contribution in [3.8, 4) is 0 Å². The number of rotatable bonds is 5. The van der Waals surface area contributed by atoms with E-state index in [-0.39, 0.29) is 0 Å². The van der Waals surface area contributed by atoms with Crippen molar-refractivity contribution in [3.05, 3.63) is 16.1 Å². The zero-order valence-corrected chi connectivity index (χ0v) is 12.8. The third-order valence-electron chi connectivity index (χ3n) is 4.88. The molecule has 3 rings (SSSR count). The smallest absolute Gasteiger partial charge is 0.0897 e. The van der Waals surface area contributed by atoms with Gasteiger partial charge in [0, 0.05) is 35.7 Å². The van der Waals surface area contributed by atoms with Gasteiger partial charge in [0.25, 0.3) is 0 Å². The van der Waals surface area contributed by atoms with Crippen molar-refractivity contribution in [2.24, 2.45) is 5.41 Å². The third-order valence-corrected chi connectivity index (χ3v) is 5.79. The fraction of sp³-hybridized carbons (Fsp3) is 0.800. The molecule has 2 unspecified atom stereocenters. The molecule has 19 heavy (non-hydrogen) atoms. The first-order valence-electron chi connectivity index (χ1n) is 7.51.